The van der Waals surface area contributed by atoms with E-state index in [4.69, 9.17) is 9.97 Å². The van der Waals surface area contributed by atoms with Crippen LogP contribution in [0.5, 0.6) is 0 Å². The minimum Gasteiger partial charge on any atom is -0.353 e. The first-order valence-corrected chi connectivity index (χ1v) is 12.2. The second-order valence-corrected chi connectivity index (χ2v) is 9.90. The average molecular weight is 467 g/mol. The molecule has 8 nitrogen and oxygen atoms in total. The van der Waals surface area contributed by atoms with Gasteiger partial charge in [0.05, 0.1) is 17.1 Å². The van der Waals surface area contributed by atoms with Crippen LogP contribution in [0.1, 0.15) is 40.5 Å². The number of pyridine rings is 2. The topological polar surface area (TPSA) is 86.7 Å². The minimum absolute atomic E-state index is 0.562. The number of nitrogens with one attached hydrogen (secondary N) is 1. The number of piperazine rings is 1. The number of hydrogen-bond acceptors (Lipinski definition) is 7. The van der Waals surface area contributed by atoms with Gasteiger partial charge < -0.3 is 4.90 Å². The summed E-state index contributed by atoms with van der Waals surface area (Å²) < 4.78 is 0. The maximum atomic E-state index is 4.80. The van der Waals surface area contributed by atoms with Gasteiger partial charge in [-0.05, 0) is 63.1 Å². The summed E-state index contributed by atoms with van der Waals surface area (Å²) in [4.78, 5) is 23.8. The quantitative estimate of drug-likeness (QED) is 0.464. The molecule has 0 amide bonds. The zero-order chi connectivity index (χ0) is 23.9. The summed E-state index contributed by atoms with van der Waals surface area (Å²) in [6, 6.07) is 13.7. The SMILES string of the molecule is Cc1ccc(CN2C3CC2CN(c2ccc(-c4nc(C)cc(Cc5cc(C)[nH]n5)n4)cn2)C3)nc1. The van der Waals surface area contributed by atoms with Gasteiger partial charge in [0.15, 0.2) is 5.82 Å². The number of piperidine rings is 1. The smallest absolute Gasteiger partial charge is 0.161 e. The first kappa shape index (κ1) is 21.9. The predicted molar refractivity (Wildman–Crippen MR) is 135 cm³/mol. The average Bonchev–Trinajstić information content (AvgIpc) is 3.27. The summed E-state index contributed by atoms with van der Waals surface area (Å²) in [6.07, 6.45) is 5.80. The molecule has 8 heteroatoms. The monoisotopic (exact) mass is 466 g/mol. The molecule has 0 aliphatic carbocycles. The van der Waals surface area contributed by atoms with Gasteiger partial charge in [-0.2, -0.15) is 5.10 Å². The number of H-pyrrole nitrogens is 1. The summed E-state index contributed by atoms with van der Waals surface area (Å²) in [7, 11) is 0. The van der Waals surface area contributed by atoms with Crippen LogP contribution in [0.2, 0.25) is 0 Å². The molecular formula is C27H30N8. The minimum atomic E-state index is 0.562. The first-order chi connectivity index (χ1) is 17.0. The molecule has 0 radical (unpaired) electrons. The fourth-order valence-electron chi connectivity index (χ4n) is 5.22. The number of aromatic amines is 1. The lowest BCUT2D eigenvalue weighted by atomic mass is 9.87. The van der Waals surface area contributed by atoms with Crippen molar-refractivity contribution in [1.29, 1.82) is 0 Å². The van der Waals surface area contributed by atoms with Crippen LogP contribution in [0.4, 0.5) is 5.82 Å². The first-order valence-electron chi connectivity index (χ1n) is 12.2. The van der Waals surface area contributed by atoms with Crippen molar-refractivity contribution in [2.24, 2.45) is 0 Å². The zero-order valence-corrected chi connectivity index (χ0v) is 20.4. The Labute approximate surface area is 205 Å². The molecule has 35 heavy (non-hydrogen) atoms. The largest absolute Gasteiger partial charge is 0.353 e. The number of rotatable bonds is 6. The Morgan fingerprint density at radius 2 is 1.74 bits per heavy atom. The predicted octanol–water partition coefficient (Wildman–Crippen LogP) is 3.64. The van der Waals surface area contributed by atoms with Crippen molar-refractivity contribution in [3.63, 3.8) is 0 Å². The lowest BCUT2D eigenvalue weighted by Gasteiger charge is -2.56. The molecule has 2 atom stereocenters. The van der Waals surface area contributed by atoms with Crippen LogP contribution in [0, 0.1) is 20.8 Å². The van der Waals surface area contributed by atoms with Gasteiger partial charge in [-0.3, -0.25) is 15.0 Å². The van der Waals surface area contributed by atoms with Crippen LogP contribution in [0.15, 0.2) is 48.8 Å². The van der Waals surface area contributed by atoms with Crippen molar-refractivity contribution >= 4 is 5.82 Å². The second kappa shape index (κ2) is 8.85. The van der Waals surface area contributed by atoms with Crippen LogP contribution in [-0.4, -0.2) is 60.2 Å². The second-order valence-electron chi connectivity index (χ2n) is 9.90. The van der Waals surface area contributed by atoms with Gasteiger partial charge in [-0.1, -0.05) is 6.07 Å². The number of fused-ring (bicyclic) bond motifs is 2. The number of aromatic nitrogens is 6. The molecule has 0 saturated carbocycles. The Morgan fingerprint density at radius 3 is 2.43 bits per heavy atom. The molecule has 2 bridgehead atoms. The fourth-order valence-corrected chi connectivity index (χ4v) is 5.22. The summed E-state index contributed by atoms with van der Waals surface area (Å²) in [5.74, 6) is 1.74. The van der Waals surface area contributed by atoms with Crippen LogP contribution < -0.4 is 4.90 Å². The molecule has 3 aliphatic rings. The van der Waals surface area contributed by atoms with E-state index in [-0.39, 0.29) is 0 Å². The molecule has 178 valence electrons. The van der Waals surface area contributed by atoms with Crippen molar-refractivity contribution in [2.75, 3.05) is 18.0 Å². The van der Waals surface area contributed by atoms with E-state index in [0.717, 1.165) is 59.5 Å². The van der Waals surface area contributed by atoms with Gasteiger partial charge in [-0.25, -0.2) is 15.0 Å². The van der Waals surface area contributed by atoms with E-state index in [1.54, 1.807) is 0 Å². The fraction of sp³-hybridized carbons (Fsp3) is 0.370. The molecular weight excluding hydrogens is 436 g/mol. The summed E-state index contributed by atoms with van der Waals surface area (Å²) in [5, 5.41) is 7.33. The third-order valence-electron chi connectivity index (χ3n) is 7.02. The van der Waals surface area contributed by atoms with E-state index in [2.05, 4.69) is 67.2 Å². The number of hydrogen-bond donors (Lipinski definition) is 1. The number of nitrogens with zero attached hydrogens (tertiary/aromatic N) is 7. The van der Waals surface area contributed by atoms with E-state index < -0.39 is 0 Å². The van der Waals surface area contributed by atoms with Gasteiger partial charge in [0, 0.05) is 67.5 Å². The van der Waals surface area contributed by atoms with Crippen LogP contribution >= 0.6 is 0 Å². The number of aryl methyl sites for hydroxylation is 3. The van der Waals surface area contributed by atoms with E-state index in [0.29, 0.717) is 24.3 Å². The van der Waals surface area contributed by atoms with Gasteiger partial charge in [0.1, 0.15) is 5.82 Å². The zero-order valence-electron chi connectivity index (χ0n) is 20.4. The molecule has 4 aromatic heterocycles. The molecule has 7 rings (SSSR count). The normalized spacial score (nSPS) is 19.6. The van der Waals surface area contributed by atoms with Gasteiger partial charge >= 0.3 is 0 Å². The molecule has 7 heterocycles. The standard InChI is InChI=1S/C27H30N8/c1-17-4-6-21(28-12-17)14-35-24-11-25(35)16-34(15-24)26-7-5-20(13-29-26)27-30-18(2)8-22(31-27)10-23-9-19(3)32-33-23/h4-9,12-13,24-25H,10-11,14-16H2,1-3H3,(H,32,33). The van der Waals surface area contributed by atoms with Gasteiger partial charge in [0.2, 0.25) is 0 Å². The maximum Gasteiger partial charge on any atom is 0.161 e. The van der Waals surface area contributed by atoms with Gasteiger partial charge in [-0.15, -0.1) is 0 Å². The Hall–Kier alpha value is -3.65. The van der Waals surface area contributed by atoms with Crippen LogP contribution in [0.25, 0.3) is 11.4 Å². The van der Waals surface area contributed by atoms with E-state index >= 15 is 0 Å². The van der Waals surface area contributed by atoms with E-state index in [1.165, 1.54) is 12.0 Å². The Bertz CT molecular complexity index is 1320. The van der Waals surface area contributed by atoms with Crippen molar-refractivity contribution in [1.82, 2.24) is 35.0 Å². The van der Waals surface area contributed by atoms with Gasteiger partial charge in [0.25, 0.3) is 0 Å². The highest BCUT2D eigenvalue weighted by molar-refractivity contribution is 5.57. The van der Waals surface area contributed by atoms with Crippen molar-refractivity contribution in [3.05, 3.63) is 82.8 Å². The lowest BCUT2D eigenvalue weighted by Crippen LogP contribution is -2.68. The third kappa shape index (κ3) is 4.53. The Balaban J connectivity index is 1.13. The highest BCUT2D eigenvalue weighted by atomic mass is 15.4. The number of anilines is 1. The van der Waals surface area contributed by atoms with Crippen molar-refractivity contribution in [2.45, 2.75) is 52.2 Å². The Morgan fingerprint density at radius 1 is 0.886 bits per heavy atom. The third-order valence-corrected chi connectivity index (χ3v) is 7.02. The molecule has 4 aromatic rings. The molecule has 3 fully saturated rings. The maximum absolute atomic E-state index is 4.80. The van der Waals surface area contributed by atoms with Crippen LogP contribution in [0.3, 0.4) is 0 Å². The van der Waals surface area contributed by atoms with Crippen LogP contribution in [-0.2, 0) is 13.0 Å². The van der Waals surface area contributed by atoms with E-state index in [1.807, 2.05) is 32.3 Å². The lowest BCUT2D eigenvalue weighted by molar-refractivity contribution is -0.00968. The molecule has 1 N–H and O–H groups in total. The molecule has 3 aliphatic heterocycles. The van der Waals surface area contributed by atoms with Crippen molar-refractivity contribution in [3.8, 4) is 11.4 Å². The Kier molecular flexibility index (Phi) is 5.53. The summed E-state index contributed by atoms with van der Waals surface area (Å²) >= 11 is 0. The molecule has 0 aromatic carbocycles. The highest BCUT2D eigenvalue weighted by Gasteiger charge is 2.44. The van der Waals surface area contributed by atoms with E-state index in [9.17, 15) is 0 Å². The summed E-state index contributed by atoms with van der Waals surface area (Å²) in [6.45, 7) is 9.03. The van der Waals surface area contributed by atoms with Crippen molar-refractivity contribution < 1.29 is 0 Å². The summed E-state index contributed by atoms with van der Waals surface area (Å²) in [5.41, 5.74) is 7.24. The highest BCUT2D eigenvalue weighted by Crippen LogP contribution is 2.35. The molecule has 0 spiro atoms. The molecule has 3 saturated heterocycles. The molecule has 2 unspecified atom stereocenters.